The zero-order valence-electron chi connectivity index (χ0n) is 13.4. The van der Waals surface area contributed by atoms with Gasteiger partial charge in [0.15, 0.2) is 0 Å². The molecule has 122 valence electrons. The van der Waals surface area contributed by atoms with Crippen molar-refractivity contribution in [2.45, 2.75) is 44.6 Å². The molecule has 1 aliphatic heterocycles. The molecular formula is C18H27NO3. The van der Waals surface area contributed by atoms with Crippen LogP contribution < -0.4 is 0 Å². The van der Waals surface area contributed by atoms with Gasteiger partial charge >= 0.3 is 0 Å². The van der Waals surface area contributed by atoms with Gasteiger partial charge in [-0.3, -0.25) is 4.90 Å². The summed E-state index contributed by atoms with van der Waals surface area (Å²) in [5.74, 6) is 0. The van der Waals surface area contributed by atoms with Gasteiger partial charge in [0.2, 0.25) is 0 Å². The molecule has 22 heavy (non-hydrogen) atoms. The Morgan fingerprint density at radius 1 is 1.23 bits per heavy atom. The van der Waals surface area contributed by atoms with Gasteiger partial charge in [-0.1, -0.05) is 30.3 Å². The number of nitrogens with zero attached hydrogens (tertiary/aromatic N) is 1. The van der Waals surface area contributed by atoms with Gasteiger partial charge in [-0.05, 0) is 25.3 Å². The van der Waals surface area contributed by atoms with Crippen molar-refractivity contribution >= 4 is 0 Å². The van der Waals surface area contributed by atoms with Crippen LogP contribution in [-0.4, -0.2) is 56.1 Å². The van der Waals surface area contributed by atoms with Gasteiger partial charge < -0.3 is 14.2 Å². The predicted molar refractivity (Wildman–Crippen MR) is 85.8 cm³/mol. The summed E-state index contributed by atoms with van der Waals surface area (Å²) < 4.78 is 17.7. The zero-order chi connectivity index (χ0) is 15.2. The molecule has 0 aromatic heterocycles. The molecule has 0 radical (unpaired) electrons. The maximum Gasteiger partial charge on any atom is 0.0991 e. The van der Waals surface area contributed by atoms with Crippen LogP contribution in [0.4, 0.5) is 0 Å². The predicted octanol–water partition coefficient (Wildman–Crippen LogP) is 2.47. The van der Waals surface area contributed by atoms with E-state index in [2.05, 4.69) is 36.1 Å². The minimum Gasteiger partial charge on any atom is -0.375 e. The van der Waals surface area contributed by atoms with Gasteiger partial charge in [0.05, 0.1) is 32.0 Å². The van der Waals surface area contributed by atoms with Gasteiger partial charge in [0, 0.05) is 25.7 Å². The molecule has 1 aromatic carbocycles. The summed E-state index contributed by atoms with van der Waals surface area (Å²) in [6.45, 7) is 7.03. The number of fused-ring (bicyclic) bond motifs is 2. The van der Waals surface area contributed by atoms with Crippen molar-refractivity contribution in [3.63, 3.8) is 0 Å². The van der Waals surface area contributed by atoms with Gasteiger partial charge in [0.1, 0.15) is 0 Å². The second-order valence-corrected chi connectivity index (χ2v) is 6.05. The van der Waals surface area contributed by atoms with Gasteiger partial charge in [0.25, 0.3) is 0 Å². The lowest BCUT2D eigenvalue weighted by Gasteiger charge is -2.30. The summed E-state index contributed by atoms with van der Waals surface area (Å²) in [4.78, 5) is 2.50. The Hall–Kier alpha value is -0.940. The quantitative estimate of drug-likeness (QED) is 0.724. The number of hydrogen-bond donors (Lipinski definition) is 0. The Kier molecular flexibility index (Phi) is 5.84. The van der Waals surface area contributed by atoms with Crippen molar-refractivity contribution in [1.29, 1.82) is 0 Å². The van der Waals surface area contributed by atoms with Crippen molar-refractivity contribution in [1.82, 2.24) is 4.90 Å². The van der Waals surface area contributed by atoms with E-state index in [1.807, 2.05) is 6.07 Å². The van der Waals surface area contributed by atoms with Gasteiger partial charge in [-0.25, -0.2) is 0 Å². The minimum absolute atomic E-state index is 0.238. The second kappa shape index (κ2) is 8.06. The highest BCUT2D eigenvalue weighted by molar-refractivity contribution is 5.13. The molecule has 0 N–H and O–H groups in total. The molecule has 1 saturated heterocycles. The number of benzene rings is 1. The van der Waals surface area contributed by atoms with Crippen LogP contribution in [0, 0.1) is 0 Å². The maximum atomic E-state index is 5.96. The summed E-state index contributed by atoms with van der Waals surface area (Å²) in [5.41, 5.74) is 1.23. The molecule has 2 bridgehead atoms. The van der Waals surface area contributed by atoms with E-state index in [-0.39, 0.29) is 6.10 Å². The van der Waals surface area contributed by atoms with Crippen LogP contribution in [0.5, 0.6) is 0 Å². The van der Waals surface area contributed by atoms with Crippen LogP contribution in [0.2, 0.25) is 0 Å². The number of rotatable bonds is 7. The van der Waals surface area contributed by atoms with Crippen molar-refractivity contribution in [2.75, 3.05) is 32.9 Å². The number of ether oxygens (including phenoxy) is 3. The highest BCUT2D eigenvalue weighted by Gasteiger charge is 2.42. The first-order valence-electron chi connectivity index (χ1n) is 8.47. The largest absolute Gasteiger partial charge is 0.375 e. The van der Waals surface area contributed by atoms with E-state index in [0.29, 0.717) is 18.8 Å². The van der Waals surface area contributed by atoms with E-state index in [0.717, 1.165) is 39.3 Å². The van der Waals surface area contributed by atoms with E-state index in [1.54, 1.807) is 0 Å². The fraction of sp³-hybridized carbons (Fsp3) is 0.667. The SMILES string of the molecule is CCO[C@@H]1[C@H]2CC[C@H]1OCCN2CCOCc1ccccc1. The van der Waals surface area contributed by atoms with Crippen LogP contribution in [-0.2, 0) is 20.8 Å². The third kappa shape index (κ3) is 3.87. The molecule has 4 heteroatoms. The Bertz CT molecular complexity index is 439. The topological polar surface area (TPSA) is 30.9 Å². The monoisotopic (exact) mass is 305 g/mol. The Labute approximate surface area is 133 Å². The molecule has 1 saturated carbocycles. The summed E-state index contributed by atoms with van der Waals surface area (Å²) in [6, 6.07) is 10.8. The first-order chi connectivity index (χ1) is 10.9. The molecule has 0 amide bonds. The lowest BCUT2D eigenvalue weighted by Crippen LogP contribution is -2.44. The van der Waals surface area contributed by atoms with Gasteiger partial charge in [-0.15, -0.1) is 0 Å². The third-order valence-electron chi connectivity index (χ3n) is 4.67. The van der Waals surface area contributed by atoms with Crippen LogP contribution in [0.3, 0.4) is 0 Å². The smallest absolute Gasteiger partial charge is 0.0991 e. The maximum absolute atomic E-state index is 5.96. The summed E-state index contributed by atoms with van der Waals surface area (Å²) >= 11 is 0. The molecule has 4 nitrogen and oxygen atoms in total. The highest BCUT2D eigenvalue weighted by Crippen LogP contribution is 2.31. The summed E-state index contributed by atoms with van der Waals surface area (Å²) in [5, 5.41) is 0. The molecule has 3 rings (SSSR count). The van der Waals surface area contributed by atoms with Gasteiger partial charge in [-0.2, -0.15) is 0 Å². The second-order valence-electron chi connectivity index (χ2n) is 6.05. The lowest BCUT2D eigenvalue weighted by molar-refractivity contribution is -0.0504. The van der Waals surface area contributed by atoms with Crippen molar-refractivity contribution in [3.05, 3.63) is 35.9 Å². The molecule has 0 unspecified atom stereocenters. The summed E-state index contributed by atoms with van der Waals surface area (Å²) in [6.07, 6.45) is 2.83. The first kappa shape index (κ1) is 15.9. The minimum atomic E-state index is 0.238. The zero-order valence-corrected chi connectivity index (χ0v) is 13.4. The molecule has 1 aromatic rings. The fourth-order valence-corrected chi connectivity index (χ4v) is 3.60. The standard InChI is InChI=1S/C18H27NO3/c1-2-21-18-16-8-9-17(18)22-13-11-19(16)10-12-20-14-15-6-4-3-5-7-15/h3-7,16-18H,2,8-14H2,1H3/t16-,17-,18-/m1/s1. The van der Waals surface area contributed by atoms with Crippen LogP contribution in [0.1, 0.15) is 25.3 Å². The fourth-order valence-electron chi connectivity index (χ4n) is 3.60. The molecule has 2 aliphatic rings. The van der Waals surface area contributed by atoms with Crippen LogP contribution in [0.15, 0.2) is 30.3 Å². The van der Waals surface area contributed by atoms with E-state index in [9.17, 15) is 0 Å². The van der Waals surface area contributed by atoms with Crippen LogP contribution >= 0.6 is 0 Å². The van der Waals surface area contributed by atoms with E-state index < -0.39 is 0 Å². The molecule has 1 aliphatic carbocycles. The normalized spacial score (nSPS) is 28.7. The van der Waals surface area contributed by atoms with Crippen LogP contribution in [0.25, 0.3) is 0 Å². The lowest BCUT2D eigenvalue weighted by atomic mass is 10.1. The van der Waals surface area contributed by atoms with Crippen molar-refractivity contribution in [3.8, 4) is 0 Å². The third-order valence-corrected chi connectivity index (χ3v) is 4.67. The first-order valence-corrected chi connectivity index (χ1v) is 8.47. The number of hydrogen-bond acceptors (Lipinski definition) is 4. The van der Waals surface area contributed by atoms with Crippen molar-refractivity contribution < 1.29 is 14.2 Å². The highest BCUT2D eigenvalue weighted by atomic mass is 16.5. The van der Waals surface area contributed by atoms with E-state index >= 15 is 0 Å². The Morgan fingerprint density at radius 2 is 2.09 bits per heavy atom. The van der Waals surface area contributed by atoms with E-state index in [4.69, 9.17) is 14.2 Å². The van der Waals surface area contributed by atoms with Crippen molar-refractivity contribution in [2.24, 2.45) is 0 Å². The average molecular weight is 305 g/mol. The van der Waals surface area contributed by atoms with E-state index in [1.165, 1.54) is 12.0 Å². The molecule has 0 spiro atoms. The molecular weight excluding hydrogens is 278 g/mol. The molecule has 2 fully saturated rings. The Balaban J connectivity index is 1.47. The summed E-state index contributed by atoms with van der Waals surface area (Å²) in [7, 11) is 0. The molecule has 3 atom stereocenters. The average Bonchev–Trinajstić information content (AvgIpc) is 2.84. The molecule has 1 heterocycles. The Morgan fingerprint density at radius 3 is 2.91 bits per heavy atom.